The van der Waals surface area contributed by atoms with Gasteiger partial charge in [0, 0.05) is 0 Å². The molecule has 0 unspecified atom stereocenters. The van der Waals surface area contributed by atoms with E-state index < -0.39 is 9.93 Å². The second-order valence-electron chi connectivity index (χ2n) is 2.20. The van der Waals surface area contributed by atoms with E-state index in [0.717, 1.165) is 0 Å². The molecule has 0 aliphatic heterocycles. The van der Waals surface area contributed by atoms with Crippen LogP contribution in [0.25, 0.3) is 0 Å². The predicted octanol–water partition coefficient (Wildman–Crippen LogP) is 1.51. The number of hydrogen-bond donors (Lipinski definition) is 1. The Morgan fingerprint density at radius 2 is 2.20 bits per heavy atom. The van der Waals surface area contributed by atoms with Gasteiger partial charge in [-0.05, 0) is 6.92 Å². The number of rotatable bonds is 3. The molecule has 0 amide bonds. The molecule has 0 aliphatic carbocycles. The molecule has 4 heteroatoms. The molecule has 0 aliphatic rings. The van der Waals surface area contributed by atoms with Crippen molar-refractivity contribution in [2.45, 2.75) is 6.92 Å². The van der Waals surface area contributed by atoms with Crippen LogP contribution in [0.15, 0.2) is 10.5 Å². The van der Waals surface area contributed by atoms with Crippen LogP contribution in [0, 0.1) is 0 Å². The quantitative estimate of drug-likeness (QED) is 0.406. The van der Waals surface area contributed by atoms with Gasteiger partial charge < -0.3 is 4.74 Å². The van der Waals surface area contributed by atoms with E-state index in [1.54, 1.807) is 12.5 Å². The lowest BCUT2D eigenvalue weighted by Gasteiger charge is -1.99. The highest BCUT2D eigenvalue weighted by atomic mass is 32.2. The summed E-state index contributed by atoms with van der Waals surface area (Å²) < 4.78 is 16.0. The fraction of sp³-hybridized carbons (Fsp3) is 0.667. The van der Waals surface area contributed by atoms with Crippen molar-refractivity contribution in [3.05, 3.63) is 10.5 Å². The molecule has 0 aromatic carbocycles. The average Bonchev–Trinajstić information content (AvgIpc) is 1.59. The van der Waals surface area contributed by atoms with Crippen LogP contribution in [0.3, 0.4) is 0 Å². The zero-order chi connectivity index (χ0) is 8.20. The van der Waals surface area contributed by atoms with Gasteiger partial charge in [0.25, 0.3) is 0 Å². The Balaban J connectivity index is 4.04. The summed E-state index contributed by atoms with van der Waals surface area (Å²) in [4.78, 5) is 0. The van der Waals surface area contributed by atoms with Gasteiger partial charge in [-0.2, -0.15) is 0 Å². The number of ether oxygens (including phenoxy) is 1. The van der Waals surface area contributed by atoms with Crippen LogP contribution in [0.2, 0.25) is 0 Å². The van der Waals surface area contributed by atoms with Gasteiger partial charge in [0.1, 0.15) is 22.4 Å². The summed E-state index contributed by atoms with van der Waals surface area (Å²) in [6, 6.07) is 0. The average molecular weight is 181 g/mol. The first-order valence-electron chi connectivity index (χ1n) is 2.93. The van der Waals surface area contributed by atoms with Gasteiger partial charge >= 0.3 is 0 Å². The van der Waals surface area contributed by atoms with Gasteiger partial charge in [-0.3, -0.25) is 0 Å². The van der Waals surface area contributed by atoms with Gasteiger partial charge in [0.2, 0.25) is 0 Å². The first kappa shape index (κ1) is 10.0. The summed E-state index contributed by atoms with van der Waals surface area (Å²) in [5.41, 5.74) is 0. The van der Waals surface area contributed by atoms with E-state index in [-0.39, 0.29) is 0 Å². The van der Waals surface area contributed by atoms with Crippen molar-refractivity contribution in [2.75, 3.05) is 19.1 Å². The van der Waals surface area contributed by atoms with Crippen molar-refractivity contribution in [1.29, 1.82) is 0 Å². The van der Waals surface area contributed by atoms with Gasteiger partial charge in [-0.25, -0.2) is 0 Å². The maximum absolute atomic E-state index is 11.1. The summed E-state index contributed by atoms with van der Waals surface area (Å²) in [6.45, 7) is 2.42. The number of hydrogen-bond acceptors (Lipinski definition) is 3. The van der Waals surface area contributed by atoms with Crippen LogP contribution in [0.5, 0.6) is 0 Å². The summed E-state index contributed by atoms with van der Waals surface area (Å²) in [5.74, 6) is 0. The van der Waals surface area contributed by atoms with Crippen molar-refractivity contribution in [1.82, 2.24) is 0 Å². The van der Waals surface area contributed by atoms with E-state index in [2.05, 4.69) is 12.6 Å². The molecule has 0 saturated carbocycles. The molecule has 0 atom stereocenters. The van der Waals surface area contributed by atoms with Crippen LogP contribution in [0.4, 0.5) is 0 Å². The molecule has 0 N–H and O–H groups in total. The molecule has 0 radical (unpaired) electrons. The SMILES string of the molecule is CCO/C(S)=C/[S+](C)(C)=O. The Labute approximate surface area is 68.5 Å². The first-order valence-corrected chi connectivity index (χ1v) is 5.82. The van der Waals surface area contributed by atoms with E-state index in [1.165, 1.54) is 5.41 Å². The minimum absolute atomic E-state index is 0.442. The van der Waals surface area contributed by atoms with Crippen molar-refractivity contribution >= 4 is 22.6 Å². The molecule has 0 bridgehead atoms. The fourth-order valence-corrected chi connectivity index (χ4v) is 1.87. The van der Waals surface area contributed by atoms with E-state index in [1.807, 2.05) is 6.92 Å². The monoisotopic (exact) mass is 181 g/mol. The maximum Gasteiger partial charge on any atom is 0.197 e. The topological polar surface area (TPSA) is 26.3 Å². The molecule has 10 heavy (non-hydrogen) atoms. The Morgan fingerprint density at radius 1 is 1.70 bits per heavy atom. The molecular formula is C6H13O2S2+. The van der Waals surface area contributed by atoms with Crippen LogP contribution < -0.4 is 0 Å². The van der Waals surface area contributed by atoms with Crippen molar-refractivity contribution < 1.29 is 8.95 Å². The summed E-state index contributed by atoms with van der Waals surface area (Å²) in [5, 5.41) is 1.97. The Bertz CT molecular complexity index is 169. The molecule has 0 saturated heterocycles. The first-order chi connectivity index (χ1) is 4.45. The Kier molecular flexibility index (Phi) is 4.05. The van der Waals surface area contributed by atoms with E-state index >= 15 is 0 Å². The standard InChI is InChI=1S/C6H12O2S2/c1-4-8-6(9)5-10(2,3)7/h5H,4H2,1-3H3/p+1. The highest BCUT2D eigenvalue weighted by Crippen LogP contribution is 2.07. The molecule has 0 heterocycles. The van der Waals surface area contributed by atoms with Crippen molar-refractivity contribution in [3.63, 3.8) is 0 Å². The predicted molar refractivity (Wildman–Crippen MR) is 48.6 cm³/mol. The molecule has 0 rings (SSSR count). The minimum Gasteiger partial charge on any atom is -0.484 e. The largest absolute Gasteiger partial charge is 0.484 e. The maximum atomic E-state index is 11.1. The molecule has 0 aromatic rings. The fourth-order valence-electron chi connectivity index (χ4n) is 0.425. The number of thiol groups is 1. The van der Waals surface area contributed by atoms with Crippen LogP contribution in [-0.4, -0.2) is 19.1 Å². The smallest absolute Gasteiger partial charge is 0.197 e. The third kappa shape index (κ3) is 6.16. The lowest BCUT2D eigenvalue weighted by atomic mass is 10.9. The second-order valence-corrected chi connectivity index (χ2v) is 5.49. The Hall–Kier alpha value is 0.0400. The third-order valence-electron chi connectivity index (χ3n) is 0.677. The molecule has 0 spiro atoms. The van der Waals surface area contributed by atoms with Crippen LogP contribution >= 0.6 is 12.6 Å². The van der Waals surface area contributed by atoms with Gasteiger partial charge in [-0.1, -0.05) is 0 Å². The van der Waals surface area contributed by atoms with E-state index in [9.17, 15) is 4.21 Å². The van der Waals surface area contributed by atoms with Crippen molar-refractivity contribution in [3.8, 4) is 0 Å². The summed E-state index contributed by atoms with van der Waals surface area (Å²) >= 11 is 3.96. The highest BCUT2D eigenvalue weighted by Gasteiger charge is 2.09. The van der Waals surface area contributed by atoms with E-state index in [4.69, 9.17) is 4.74 Å². The van der Waals surface area contributed by atoms with Crippen molar-refractivity contribution in [2.24, 2.45) is 0 Å². The van der Waals surface area contributed by atoms with Gasteiger partial charge in [-0.15, -0.1) is 16.8 Å². The second kappa shape index (κ2) is 4.03. The summed E-state index contributed by atoms with van der Waals surface area (Å²) in [7, 11) is -1.86. The lowest BCUT2D eigenvalue weighted by molar-refractivity contribution is 0.259. The minimum atomic E-state index is -1.86. The molecule has 0 fully saturated rings. The zero-order valence-electron chi connectivity index (χ0n) is 6.46. The van der Waals surface area contributed by atoms with Crippen LogP contribution in [-0.2, 0) is 18.9 Å². The normalized spacial score (nSPS) is 13.4. The molecule has 60 valence electrons. The third-order valence-corrected chi connectivity index (χ3v) is 1.89. The zero-order valence-corrected chi connectivity index (χ0v) is 8.17. The summed E-state index contributed by atoms with van der Waals surface area (Å²) in [6.07, 6.45) is 3.28. The van der Waals surface area contributed by atoms with Gasteiger partial charge in [0.05, 0.1) is 6.61 Å². The Morgan fingerprint density at radius 3 is 2.50 bits per heavy atom. The molecule has 2 nitrogen and oxygen atoms in total. The molecular weight excluding hydrogens is 168 g/mol. The highest BCUT2D eigenvalue weighted by molar-refractivity contribution is 8.04. The van der Waals surface area contributed by atoms with Gasteiger partial charge in [0.15, 0.2) is 10.5 Å². The lowest BCUT2D eigenvalue weighted by Crippen LogP contribution is -2.00. The molecule has 0 aromatic heterocycles. The van der Waals surface area contributed by atoms with Crippen LogP contribution in [0.1, 0.15) is 6.92 Å². The van der Waals surface area contributed by atoms with E-state index in [0.29, 0.717) is 11.7 Å².